The molecule has 7 heteroatoms. The maximum atomic E-state index is 13.0. The smallest absolute Gasteiger partial charge is 0.293 e. The molecule has 2 aromatic carbocycles. The van der Waals surface area contributed by atoms with Crippen LogP contribution in [0.3, 0.4) is 0 Å². The van der Waals surface area contributed by atoms with Gasteiger partial charge in [-0.1, -0.05) is 40.2 Å². The number of amides is 2. The second-order valence-electron chi connectivity index (χ2n) is 7.18. The summed E-state index contributed by atoms with van der Waals surface area (Å²) < 4.78 is 3.10. The van der Waals surface area contributed by atoms with E-state index in [1.807, 2.05) is 44.2 Å². The molecule has 0 saturated carbocycles. The highest BCUT2D eigenvalue weighted by Gasteiger charge is 2.35. The molecule has 0 radical (unpaired) electrons. The van der Waals surface area contributed by atoms with E-state index < -0.39 is 0 Å². The average molecular weight is 492 g/mol. The van der Waals surface area contributed by atoms with E-state index in [-0.39, 0.29) is 17.7 Å². The van der Waals surface area contributed by atoms with Crippen molar-refractivity contribution in [3.8, 4) is 11.8 Å². The van der Waals surface area contributed by atoms with Crippen LogP contribution in [0, 0.1) is 25.2 Å². The maximum absolute atomic E-state index is 13.0. The van der Waals surface area contributed by atoms with Gasteiger partial charge in [-0.25, -0.2) is 0 Å². The lowest BCUT2D eigenvalue weighted by Crippen LogP contribution is -2.27. The number of hydrogen-bond donors (Lipinski definition) is 0. The Balaban J connectivity index is 1.65. The number of halogens is 1. The molecule has 0 aliphatic carbocycles. The first-order valence-electron chi connectivity index (χ1n) is 9.57. The van der Waals surface area contributed by atoms with Gasteiger partial charge >= 0.3 is 0 Å². The molecule has 0 spiro atoms. The Labute approximate surface area is 193 Å². The van der Waals surface area contributed by atoms with E-state index in [2.05, 4.69) is 26.6 Å². The Kier molecular flexibility index (Phi) is 5.86. The largest absolute Gasteiger partial charge is 0.318 e. The second-order valence-corrected chi connectivity index (χ2v) is 9.09. The van der Waals surface area contributed by atoms with Crippen molar-refractivity contribution in [1.82, 2.24) is 9.47 Å². The van der Waals surface area contributed by atoms with Crippen LogP contribution in [-0.2, 0) is 11.3 Å². The fraction of sp³-hybridized carbons (Fsp3) is 0.125. The molecule has 4 rings (SSSR count). The zero-order chi connectivity index (χ0) is 22.1. The van der Waals surface area contributed by atoms with Gasteiger partial charge in [0.1, 0.15) is 0 Å². The molecule has 5 nitrogen and oxygen atoms in total. The minimum atomic E-state index is -0.338. The van der Waals surface area contributed by atoms with Gasteiger partial charge in [-0.05, 0) is 73.1 Å². The van der Waals surface area contributed by atoms with Crippen LogP contribution in [0.25, 0.3) is 11.8 Å². The van der Waals surface area contributed by atoms with Crippen molar-refractivity contribution in [1.29, 1.82) is 5.26 Å². The number of carbonyl (C=O) groups is 2. The van der Waals surface area contributed by atoms with Crippen LogP contribution in [0.4, 0.5) is 4.79 Å². The van der Waals surface area contributed by atoms with E-state index in [4.69, 9.17) is 0 Å². The summed E-state index contributed by atoms with van der Waals surface area (Å²) in [5.41, 5.74) is 5.04. The molecule has 154 valence electrons. The monoisotopic (exact) mass is 491 g/mol. The van der Waals surface area contributed by atoms with Gasteiger partial charge in [0.25, 0.3) is 11.1 Å². The maximum Gasteiger partial charge on any atom is 0.293 e. The number of nitriles is 1. The number of rotatable bonds is 4. The van der Waals surface area contributed by atoms with E-state index in [9.17, 15) is 14.9 Å². The van der Waals surface area contributed by atoms with Gasteiger partial charge in [0.15, 0.2) is 0 Å². The van der Waals surface area contributed by atoms with Gasteiger partial charge in [-0.15, -0.1) is 0 Å². The second kappa shape index (κ2) is 8.58. The van der Waals surface area contributed by atoms with Gasteiger partial charge in [0, 0.05) is 21.5 Å². The molecule has 2 heterocycles. The summed E-state index contributed by atoms with van der Waals surface area (Å²) in [6, 6.07) is 19.1. The minimum absolute atomic E-state index is 0.0861. The Morgan fingerprint density at radius 2 is 1.87 bits per heavy atom. The molecule has 1 fully saturated rings. The third-order valence-corrected chi connectivity index (χ3v) is 6.56. The number of imide groups is 1. The number of carbonyl (C=O) groups excluding carboxylic acids is 2. The van der Waals surface area contributed by atoms with Crippen molar-refractivity contribution in [2.75, 3.05) is 0 Å². The van der Waals surface area contributed by atoms with E-state index in [1.165, 1.54) is 4.90 Å². The molecule has 31 heavy (non-hydrogen) atoms. The van der Waals surface area contributed by atoms with Crippen molar-refractivity contribution in [2.45, 2.75) is 20.4 Å². The summed E-state index contributed by atoms with van der Waals surface area (Å²) in [6.07, 6.45) is 1.78. The van der Waals surface area contributed by atoms with Gasteiger partial charge in [0.2, 0.25) is 0 Å². The van der Waals surface area contributed by atoms with Crippen LogP contribution in [0.5, 0.6) is 0 Å². The van der Waals surface area contributed by atoms with E-state index in [0.29, 0.717) is 16.0 Å². The summed E-state index contributed by atoms with van der Waals surface area (Å²) in [4.78, 5) is 27.1. The summed E-state index contributed by atoms with van der Waals surface area (Å²) in [5, 5.41) is 8.95. The first-order chi connectivity index (χ1) is 14.9. The Morgan fingerprint density at radius 3 is 2.61 bits per heavy atom. The van der Waals surface area contributed by atoms with Crippen LogP contribution < -0.4 is 0 Å². The van der Waals surface area contributed by atoms with Crippen molar-refractivity contribution in [2.24, 2.45) is 0 Å². The van der Waals surface area contributed by atoms with Gasteiger partial charge in [-0.2, -0.15) is 5.26 Å². The van der Waals surface area contributed by atoms with E-state index >= 15 is 0 Å². The summed E-state index contributed by atoms with van der Waals surface area (Å²) in [5.74, 6) is -0.338. The zero-order valence-electron chi connectivity index (χ0n) is 16.9. The van der Waals surface area contributed by atoms with E-state index in [0.717, 1.165) is 38.9 Å². The van der Waals surface area contributed by atoms with Crippen molar-refractivity contribution < 1.29 is 9.59 Å². The molecule has 1 saturated heterocycles. The third kappa shape index (κ3) is 4.09. The molecule has 1 aliphatic rings. The molecule has 1 aliphatic heterocycles. The molecule has 0 atom stereocenters. The highest BCUT2D eigenvalue weighted by atomic mass is 79.9. The van der Waals surface area contributed by atoms with Gasteiger partial charge in [0.05, 0.1) is 23.1 Å². The summed E-state index contributed by atoms with van der Waals surface area (Å²) in [7, 11) is 0. The minimum Gasteiger partial charge on any atom is -0.318 e. The van der Waals surface area contributed by atoms with Crippen LogP contribution in [0.15, 0.2) is 64.0 Å². The van der Waals surface area contributed by atoms with Gasteiger partial charge < -0.3 is 4.57 Å². The first kappa shape index (κ1) is 21.2. The third-order valence-electron chi connectivity index (χ3n) is 5.16. The topological polar surface area (TPSA) is 66.1 Å². The molecular formula is C24H18BrN3O2S. The number of benzene rings is 2. The first-order valence-corrected chi connectivity index (χ1v) is 11.2. The summed E-state index contributed by atoms with van der Waals surface area (Å²) in [6.45, 7) is 4.09. The number of hydrogen-bond acceptors (Lipinski definition) is 4. The number of aryl methyl sites for hydroxylation is 1. The van der Waals surface area contributed by atoms with Crippen LogP contribution in [-0.4, -0.2) is 20.6 Å². The standard InChI is InChI=1S/C24H18BrN3O2S/c1-15-10-19(16(2)28(15)21-9-5-8-20(25)12-21)11-22-23(29)27(24(30)31-22)14-18-7-4-3-6-17(18)13-26/h3-12H,14H2,1-2H3/b22-11+. The lowest BCUT2D eigenvalue weighted by atomic mass is 10.1. The number of thioether (sulfide) groups is 1. The Bertz CT molecular complexity index is 1290. The lowest BCUT2D eigenvalue weighted by Gasteiger charge is -2.13. The normalized spacial score (nSPS) is 15.0. The highest BCUT2D eigenvalue weighted by Crippen LogP contribution is 2.35. The predicted molar refractivity (Wildman–Crippen MR) is 126 cm³/mol. The molecule has 3 aromatic rings. The molecular weight excluding hydrogens is 474 g/mol. The lowest BCUT2D eigenvalue weighted by molar-refractivity contribution is -0.123. The van der Waals surface area contributed by atoms with Crippen molar-refractivity contribution in [3.63, 3.8) is 0 Å². The average Bonchev–Trinajstić information content (AvgIpc) is 3.17. The van der Waals surface area contributed by atoms with Crippen LogP contribution >= 0.6 is 27.7 Å². The molecule has 1 aromatic heterocycles. The number of aromatic nitrogens is 1. The van der Waals surface area contributed by atoms with Crippen molar-refractivity contribution in [3.05, 3.63) is 92.1 Å². The quantitative estimate of drug-likeness (QED) is 0.422. The van der Waals surface area contributed by atoms with Gasteiger partial charge in [-0.3, -0.25) is 14.5 Å². The molecule has 0 bridgehead atoms. The van der Waals surface area contributed by atoms with Crippen LogP contribution in [0.2, 0.25) is 0 Å². The predicted octanol–water partition coefficient (Wildman–Crippen LogP) is 5.96. The fourth-order valence-corrected chi connectivity index (χ4v) is 4.88. The van der Waals surface area contributed by atoms with Crippen LogP contribution in [0.1, 0.15) is 28.1 Å². The molecule has 2 amide bonds. The summed E-state index contributed by atoms with van der Waals surface area (Å²) >= 11 is 4.44. The fourth-order valence-electron chi connectivity index (χ4n) is 3.66. The van der Waals surface area contributed by atoms with Crippen molar-refractivity contribution >= 4 is 44.9 Å². The molecule has 0 unspecified atom stereocenters. The Hall–Kier alpha value is -3.08. The molecule has 0 N–H and O–H groups in total. The number of nitrogens with zero attached hydrogens (tertiary/aromatic N) is 3. The SMILES string of the molecule is Cc1cc(/C=C2/SC(=O)N(Cc3ccccc3C#N)C2=O)c(C)n1-c1cccc(Br)c1. The zero-order valence-corrected chi connectivity index (χ0v) is 19.3. The Morgan fingerprint density at radius 1 is 1.10 bits per heavy atom. The van der Waals surface area contributed by atoms with E-state index in [1.54, 1.807) is 30.3 Å². The highest BCUT2D eigenvalue weighted by molar-refractivity contribution is 9.10.